The Kier molecular flexibility index (Phi) is 6.22. The van der Waals surface area contributed by atoms with Gasteiger partial charge in [-0.3, -0.25) is 14.5 Å². The van der Waals surface area contributed by atoms with Gasteiger partial charge in [-0.2, -0.15) is 13.2 Å². The Morgan fingerprint density at radius 3 is 2.59 bits per heavy atom. The number of fused-ring (bicyclic) bond motifs is 2. The molecule has 0 radical (unpaired) electrons. The number of carbonyl (C=O) groups excluding carboxylic acids is 1. The van der Waals surface area contributed by atoms with Crippen molar-refractivity contribution >= 4 is 28.5 Å². The van der Waals surface area contributed by atoms with E-state index < -0.39 is 17.6 Å². The number of piperidine rings is 1. The fraction of sp³-hybridized carbons (Fsp3) is 0.250. The molecular formula is C28H25F3N6O2. The van der Waals surface area contributed by atoms with Gasteiger partial charge in [0, 0.05) is 19.3 Å². The summed E-state index contributed by atoms with van der Waals surface area (Å²) in [4.78, 5) is 27.2. The van der Waals surface area contributed by atoms with Crippen molar-refractivity contribution in [3.8, 4) is 17.0 Å². The van der Waals surface area contributed by atoms with Crippen LogP contribution in [0.5, 0.6) is 5.88 Å². The number of benzene rings is 2. The minimum atomic E-state index is -4.43. The topological polar surface area (TPSA) is 87.5 Å². The van der Waals surface area contributed by atoms with Gasteiger partial charge in [-0.15, -0.1) is 0 Å². The Bertz CT molecular complexity index is 1670. The number of anilines is 1. The zero-order valence-corrected chi connectivity index (χ0v) is 21.0. The summed E-state index contributed by atoms with van der Waals surface area (Å²) in [5.41, 5.74) is 2.19. The number of aromatic amines is 1. The molecule has 0 saturated carbocycles. The Hall–Kier alpha value is -4.38. The zero-order chi connectivity index (χ0) is 27.1. The van der Waals surface area contributed by atoms with Gasteiger partial charge >= 0.3 is 6.18 Å². The number of hydrogen-bond acceptors (Lipinski definition) is 5. The lowest BCUT2D eigenvalue weighted by molar-refractivity contribution is -0.137. The third-order valence-electron chi connectivity index (χ3n) is 6.88. The predicted octanol–water partition coefficient (Wildman–Crippen LogP) is 5.62. The van der Waals surface area contributed by atoms with Crippen LogP contribution < -0.4 is 10.1 Å². The van der Waals surface area contributed by atoms with Crippen LogP contribution in [0.1, 0.15) is 28.9 Å². The Morgan fingerprint density at radius 1 is 1.03 bits per heavy atom. The number of hydrogen-bond donors (Lipinski definition) is 2. The molecule has 0 unspecified atom stereocenters. The Labute approximate surface area is 221 Å². The molecule has 8 nitrogen and oxygen atoms in total. The second-order valence-electron chi connectivity index (χ2n) is 9.69. The SMILES string of the molecule is CN1CCC(Oc2cccc3nc(C(=O)Nc4nc5cc(-c6cccc(C(F)(F)F)c6)ccc5[nH]4)cn23)CC1. The van der Waals surface area contributed by atoms with E-state index in [4.69, 9.17) is 4.74 Å². The molecule has 200 valence electrons. The molecule has 4 heterocycles. The third kappa shape index (κ3) is 5.17. The van der Waals surface area contributed by atoms with Crippen LogP contribution in [0.15, 0.2) is 66.9 Å². The van der Waals surface area contributed by atoms with Crippen molar-refractivity contribution in [3.63, 3.8) is 0 Å². The van der Waals surface area contributed by atoms with Crippen LogP contribution in [0.25, 0.3) is 27.8 Å². The fourth-order valence-electron chi connectivity index (χ4n) is 4.76. The molecule has 1 aliphatic heterocycles. The molecule has 0 spiro atoms. The molecule has 0 bridgehead atoms. The average molecular weight is 535 g/mol. The van der Waals surface area contributed by atoms with Crippen LogP contribution >= 0.6 is 0 Å². The van der Waals surface area contributed by atoms with Crippen molar-refractivity contribution in [1.29, 1.82) is 0 Å². The van der Waals surface area contributed by atoms with E-state index in [1.165, 1.54) is 6.07 Å². The van der Waals surface area contributed by atoms with Crippen LogP contribution in [-0.2, 0) is 6.18 Å². The van der Waals surface area contributed by atoms with Gasteiger partial charge in [0.05, 0.1) is 16.6 Å². The highest BCUT2D eigenvalue weighted by atomic mass is 19.4. The summed E-state index contributed by atoms with van der Waals surface area (Å²) in [6, 6.07) is 15.7. The number of amides is 1. The smallest absolute Gasteiger partial charge is 0.416 e. The van der Waals surface area contributed by atoms with Crippen molar-refractivity contribution in [2.24, 2.45) is 0 Å². The number of nitrogens with zero attached hydrogens (tertiary/aromatic N) is 4. The molecule has 2 N–H and O–H groups in total. The van der Waals surface area contributed by atoms with E-state index in [1.807, 2.05) is 12.1 Å². The van der Waals surface area contributed by atoms with Gasteiger partial charge < -0.3 is 14.6 Å². The van der Waals surface area contributed by atoms with E-state index >= 15 is 0 Å². The lowest BCUT2D eigenvalue weighted by Gasteiger charge is -2.29. The molecule has 39 heavy (non-hydrogen) atoms. The molecule has 1 saturated heterocycles. The molecule has 1 aliphatic rings. The quantitative estimate of drug-likeness (QED) is 0.306. The van der Waals surface area contributed by atoms with Crippen LogP contribution in [0, 0.1) is 0 Å². The van der Waals surface area contributed by atoms with Crippen molar-refractivity contribution < 1.29 is 22.7 Å². The maximum absolute atomic E-state index is 13.1. The van der Waals surface area contributed by atoms with E-state index in [0.717, 1.165) is 38.1 Å². The van der Waals surface area contributed by atoms with E-state index in [0.29, 0.717) is 33.7 Å². The molecule has 0 aliphatic carbocycles. The fourth-order valence-corrected chi connectivity index (χ4v) is 4.76. The molecule has 6 rings (SSSR count). The highest BCUT2D eigenvalue weighted by Crippen LogP contribution is 2.33. The number of alkyl halides is 3. The number of nitrogens with one attached hydrogen (secondary N) is 2. The number of likely N-dealkylation sites (tertiary alicyclic amines) is 1. The van der Waals surface area contributed by atoms with Crippen LogP contribution in [0.3, 0.4) is 0 Å². The summed E-state index contributed by atoms with van der Waals surface area (Å²) < 4.78 is 47.4. The van der Waals surface area contributed by atoms with Crippen molar-refractivity contribution in [3.05, 3.63) is 78.1 Å². The summed E-state index contributed by atoms with van der Waals surface area (Å²) in [5, 5.41) is 2.73. The van der Waals surface area contributed by atoms with E-state index in [1.54, 1.807) is 40.9 Å². The van der Waals surface area contributed by atoms with E-state index in [-0.39, 0.29) is 17.7 Å². The molecule has 5 aromatic rings. The van der Waals surface area contributed by atoms with Gasteiger partial charge in [-0.05, 0) is 67.4 Å². The maximum Gasteiger partial charge on any atom is 0.416 e. The number of imidazole rings is 2. The molecule has 0 atom stereocenters. The largest absolute Gasteiger partial charge is 0.475 e. The third-order valence-corrected chi connectivity index (χ3v) is 6.88. The first-order valence-electron chi connectivity index (χ1n) is 12.5. The van der Waals surface area contributed by atoms with Crippen LogP contribution in [0.4, 0.5) is 19.1 Å². The number of H-pyrrole nitrogens is 1. The summed E-state index contributed by atoms with van der Waals surface area (Å²) in [6.45, 7) is 1.94. The summed E-state index contributed by atoms with van der Waals surface area (Å²) in [5.74, 6) is 0.372. The van der Waals surface area contributed by atoms with Gasteiger partial charge in [-0.25, -0.2) is 9.97 Å². The zero-order valence-electron chi connectivity index (χ0n) is 21.0. The normalized spacial score (nSPS) is 15.2. The second kappa shape index (κ2) is 9.73. The Balaban J connectivity index is 1.21. The average Bonchev–Trinajstić information content (AvgIpc) is 3.53. The van der Waals surface area contributed by atoms with Gasteiger partial charge in [-0.1, -0.05) is 24.3 Å². The second-order valence-corrected chi connectivity index (χ2v) is 9.69. The summed E-state index contributed by atoms with van der Waals surface area (Å²) in [6.07, 6.45) is -0.847. The highest BCUT2D eigenvalue weighted by Gasteiger charge is 2.30. The van der Waals surface area contributed by atoms with Gasteiger partial charge in [0.15, 0.2) is 5.88 Å². The maximum atomic E-state index is 13.1. The molecule has 11 heteroatoms. The predicted molar refractivity (Wildman–Crippen MR) is 141 cm³/mol. The van der Waals surface area contributed by atoms with Gasteiger partial charge in [0.25, 0.3) is 5.91 Å². The van der Waals surface area contributed by atoms with Crippen molar-refractivity contribution in [2.75, 3.05) is 25.5 Å². The van der Waals surface area contributed by atoms with Gasteiger partial charge in [0.1, 0.15) is 17.4 Å². The molecular weight excluding hydrogens is 509 g/mol. The molecule has 3 aromatic heterocycles. The monoisotopic (exact) mass is 534 g/mol. The lowest BCUT2D eigenvalue weighted by atomic mass is 10.0. The minimum absolute atomic E-state index is 0.0999. The van der Waals surface area contributed by atoms with Crippen LogP contribution in [0.2, 0.25) is 0 Å². The first-order chi connectivity index (χ1) is 18.7. The highest BCUT2D eigenvalue weighted by molar-refractivity contribution is 6.03. The van der Waals surface area contributed by atoms with E-state index in [9.17, 15) is 18.0 Å². The number of pyridine rings is 1. The number of rotatable bonds is 5. The lowest BCUT2D eigenvalue weighted by Crippen LogP contribution is -2.35. The number of halogens is 3. The summed E-state index contributed by atoms with van der Waals surface area (Å²) in [7, 11) is 2.09. The minimum Gasteiger partial charge on any atom is -0.475 e. The van der Waals surface area contributed by atoms with Gasteiger partial charge in [0.2, 0.25) is 5.95 Å². The van der Waals surface area contributed by atoms with E-state index in [2.05, 4.69) is 32.2 Å². The molecule has 2 aromatic carbocycles. The standard InChI is InChI=1S/C28H25F3N6O2/c1-36-12-10-20(11-13-36)39-25-7-3-6-24-32-23(16-37(24)25)26(38)35-27-33-21-9-8-18(15-22(21)34-27)17-4-2-5-19(14-17)28(29,30)31/h2-9,14-16,20H,10-13H2,1H3,(H2,33,34,35,38). The first kappa shape index (κ1) is 24.9. The number of carbonyl (C=O) groups is 1. The number of aromatic nitrogens is 4. The van der Waals surface area contributed by atoms with Crippen molar-refractivity contribution in [2.45, 2.75) is 25.1 Å². The van der Waals surface area contributed by atoms with Crippen LogP contribution in [-0.4, -0.2) is 56.4 Å². The summed E-state index contributed by atoms with van der Waals surface area (Å²) >= 11 is 0. The van der Waals surface area contributed by atoms with Crippen molar-refractivity contribution in [1.82, 2.24) is 24.3 Å². The Morgan fingerprint density at radius 2 is 1.79 bits per heavy atom. The first-order valence-corrected chi connectivity index (χ1v) is 12.5. The number of ether oxygens (including phenoxy) is 1. The molecule has 1 fully saturated rings. The molecule has 1 amide bonds.